The van der Waals surface area contributed by atoms with Crippen molar-refractivity contribution in [3.63, 3.8) is 0 Å². The van der Waals surface area contributed by atoms with Crippen LogP contribution >= 0.6 is 11.8 Å². The molecule has 0 saturated heterocycles. The molecule has 62 valence electrons. The Kier molecular flexibility index (Phi) is 6.11. The summed E-state index contributed by atoms with van der Waals surface area (Å²) in [6.45, 7) is 4.30. The highest BCUT2D eigenvalue weighted by atomic mass is 32.2. The second-order valence-corrected chi connectivity index (χ2v) is 3.67. The van der Waals surface area contributed by atoms with Crippen LogP contribution in [0.3, 0.4) is 0 Å². The van der Waals surface area contributed by atoms with Crippen molar-refractivity contribution in [2.75, 3.05) is 12.4 Å². The van der Waals surface area contributed by atoms with E-state index in [0.717, 1.165) is 5.75 Å². The van der Waals surface area contributed by atoms with Gasteiger partial charge in [0.15, 0.2) is 0 Å². The molecule has 0 aromatic carbocycles. The Morgan fingerprint density at radius 3 is 2.60 bits per heavy atom. The summed E-state index contributed by atoms with van der Waals surface area (Å²) in [5.74, 6) is 5.65. The fourth-order valence-electron chi connectivity index (χ4n) is 0.421. The summed E-state index contributed by atoms with van der Waals surface area (Å²) in [6.07, 6.45) is -0.261. The van der Waals surface area contributed by atoms with Crippen molar-refractivity contribution in [2.24, 2.45) is 5.90 Å². The fraction of sp³-hybridized carbons (Fsp3) is 1.00. The standard InChI is InChI=1S/C6H15NO2S/c1-5(8)6(2)10-4-3-9-7/h5-6,8H,3-4,7H2,1-2H3. The van der Waals surface area contributed by atoms with Crippen molar-refractivity contribution in [3.8, 4) is 0 Å². The average Bonchev–Trinajstić information content (AvgIpc) is 1.88. The number of rotatable bonds is 5. The van der Waals surface area contributed by atoms with Gasteiger partial charge in [0.05, 0.1) is 12.7 Å². The Morgan fingerprint density at radius 1 is 1.60 bits per heavy atom. The molecule has 0 aliphatic heterocycles. The lowest BCUT2D eigenvalue weighted by Gasteiger charge is -2.12. The summed E-state index contributed by atoms with van der Waals surface area (Å²) >= 11 is 1.65. The van der Waals surface area contributed by atoms with Crippen LogP contribution in [0, 0.1) is 0 Å². The molecular weight excluding hydrogens is 150 g/mol. The van der Waals surface area contributed by atoms with Crippen LogP contribution in [-0.2, 0) is 4.84 Å². The lowest BCUT2D eigenvalue weighted by atomic mass is 10.3. The second kappa shape index (κ2) is 5.97. The zero-order chi connectivity index (χ0) is 7.98. The quantitative estimate of drug-likeness (QED) is 0.457. The third-order valence-electron chi connectivity index (χ3n) is 1.26. The van der Waals surface area contributed by atoms with Crippen molar-refractivity contribution in [1.29, 1.82) is 0 Å². The summed E-state index contributed by atoms with van der Waals surface area (Å²) in [7, 11) is 0. The number of hydrogen-bond donors (Lipinski definition) is 2. The monoisotopic (exact) mass is 165 g/mol. The van der Waals surface area contributed by atoms with E-state index >= 15 is 0 Å². The maximum Gasteiger partial charge on any atom is 0.0769 e. The van der Waals surface area contributed by atoms with E-state index in [9.17, 15) is 0 Å². The summed E-state index contributed by atoms with van der Waals surface area (Å²) < 4.78 is 0. The number of nitrogens with two attached hydrogens (primary N) is 1. The molecule has 3 nitrogen and oxygen atoms in total. The average molecular weight is 165 g/mol. The molecule has 0 heterocycles. The predicted octanol–water partition coefficient (Wildman–Crippen LogP) is 0.379. The van der Waals surface area contributed by atoms with Crippen LogP contribution in [-0.4, -0.2) is 28.8 Å². The van der Waals surface area contributed by atoms with Crippen LogP contribution in [0.15, 0.2) is 0 Å². The Balaban J connectivity index is 3.13. The molecule has 2 unspecified atom stereocenters. The second-order valence-electron chi connectivity index (χ2n) is 2.19. The number of hydrogen-bond acceptors (Lipinski definition) is 4. The van der Waals surface area contributed by atoms with Crippen molar-refractivity contribution in [2.45, 2.75) is 25.2 Å². The summed E-state index contributed by atoms with van der Waals surface area (Å²) in [5.41, 5.74) is 0. The van der Waals surface area contributed by atoms with E-state index in [2.05, 4.69) is 4.84 Å². The van der Waals surface area contributed by atoms with Gasteiger partial charge in [-0.05, 0) is 6.92 Å². The van der Waals surface area contributed by atoms with Crippen molar-refractivity contribution < 1.29 is 9.94 Å². The van der Waals surface area contributed by atoms with Crippen LogP contribution in [0.1, 0.15) is 13.8 Å². The summed E-state index contributed by atoms with van der Waals surface area (Å²) in [5, 5.41) is 9.29. The molecule has 10 heavy (non-hydrogen) atoms. The van der Waals surface area contributed by atoms with Gasteiger partial charge in [0.1, 0.15) is 0 Å². The van der Waals surface area contributed by atoms with Gasteiger partial charge in [-0.1, -0.05) is 6.92 Å². The zero-order valence-corrected chi connectivity index (χ0v) is 7.23. The largest absolute Gasteiger partial charge is 0.392 e. The topological polar surface area (TPSA) is 55.5 Å². The molecular formula is C6H15NO2S. The van der Waals surface area contributed by atoms with Gasteiger partial charge in [0.25, 0.3) is 0 Å². The molecule has 0 aliphatic rings. The highest BCUT2D eigenvalue weighted by Gasteiger charge is 2.07. The van der Waals surface area contributed by atoms with Crippen LogP contribution < -0.4 is 5.90 Å². The van der Waals surface area contributed by atoms with Gasteiger partial charge in [-0.3, -0.25) is 0 Å². The van der Waals surface area contributed by atoms with Crippen LogP contribution in [0.25, 0.3) is 0 Å². The molecule has 0 fully saturated rings. The molecule has 0 rings (SSSR count). The number of thioether (sulfide) groups is 1. The van der Waals surface area contributed by atoms with Crippen molar-refractivity contribution in [3.05, 3.63) is 0 Å². The first-order valence-corrected chi connectivity index (χ1v) is 4.34. The van der Waals surface area contributed by atoms with E-state index in [-0.39, 0.29) is 11.4 Å². The first kappa shape index (κ1) is 10.2. The van der Waals surface area contributed by atoms with Gasteiger partial charge in [-0.15, -0.1) is 0 Å². The number of aliphatic hydroxyl groups excluding tert-OH is 1. The lowest BCUT2D eigenvalue weighted by molar-refractivity contribution is 0.154. The Bertz CT molecular complexity index is 80.1. The van der Waals surface area contributed by atoms with Crippen LogP contribution in [0.2, 0.25) is 0 Å². The van der Waals surface area contributed by atoms with E-state index < -0.39 is 0 Å². The smallest absolute Gasteiger partial charge is 0.0769 e. The fourth-order valence-corrected chi connectivity index (χ4v) is 1.26. The molecule has 0 aromatic heterocycles. The minimum absolute atomic E-state index is 0.259. The van der Waals surface area contributed by atoms with E-state index in [0.29, 0.717) is 6.61 Å². The predicted molar refractivity (Wildman–Crippen MR) is 43.7 cm³/mol. The van der Waals surface area contributed by atoms with E-state index in [1.165, 1.54) is 0 Å². The minimum atomic E-state index is -0.261. The summed E-state index contributed by atoms with van der Waals surface area (Å²) in [4.78, 5) is 4.37. The van der Waals surface area contributed by atoms with E-state index in [4.69, 9.17) is 11.0 Å². The normalized spacial score (nSPS) is 16.8. The highest BCUT2D eigenvalue weighted by molar-refractivity contribution is 7.99. The van der Waals surface area contributed by atoms with Gasteiger partial charge in [0.2, 0.25) is 0 Å². The molecule has 0 radical (unpaired) electrons. The van der Waals surface area contributed by atoms with Gasteiger partial charge in [-0.25, -0.2) is 5.90 Å². The maximum atomic E-state index is 9.03. The Hall–Kier alpha value is 0.230. The zero-order valence-electron chi connectivity index (χ0n) is 6.41. The Labute approximate surface area is 65.9 Å². The molecule has 2 atom stereocenters. The van der Waals surface area contributed by atoms with Gasteiger partial charge in [0, 0.05) is 11.0 Å². The molecule has 0 amide bonds. The number of aliphatic hydroxyl groups is 1. The van der Waals surface area contributed by atoms with E-state index in [1.807, 2.05) is 6.92 Å². The molecule has 3 N–H and O–H groups in total. The first-order valence-electron chi connectivity index (χ1n) is 3.29. The molecule has 0 aromatic rings. The van der Waals surface area contributed by atoms with Crippen molar-refractivity contribution in [1.82, 2.24) is 0 Å². The first-order chi connectivity index (χ1) is 4.68. The van der Waals surface area contributed by atoms with E-state index in [1.54, 1.807) is 18.7 Å². The van der Waals surface area contributed by atoms with Gasteiger partial charge in [-0.2, -0.15) is 11.8 Å². The highest BCUT2D eigenvalue weighted by Crippen LogP contribution is 2.12. The summed E-state index contributed by atoms with van der Waals surface area (Å²) in [6, 6.07) is 0. The molecule has 0 saturated carbocycles. The molecule has 4 heteroatoms. The van der Waals surface area contributed by atoms with Crippen molar-refractivity contribution >= 4 is 11.8 Å². The lowest BCUT2D eigenvalue weighted by Crippen LogP contribution is -2.17. The van der Waals surface area contributed by atoms with Gasteiger partial charge < -0.3 is 9.94 Å². The molecule has 0 bridgehead atoms. The molecule has 0 aliphatic carbocycles. The maximum absolute atomic E-state index is 9.03. The van der Waals surface area contributed by atoms with Crippen LogP contribution in [0.4, 0.5) is 0 Å². The third kappa shape index (κ3) is 5.05. The van der Waals surface area contributed by atoms with Crippen LogP contribution in [0.5, 0.6) is 0 Å². The minimum Gasteiger partial charge on any atom is -0.392 e. The SMILES string of the molecule is CC(O)C(C)SCCON. The van der Waals surface area contributed by atoms with Gasteiger partial charge >= 0.3 is 0 Å². The molecule has 0 spiro atoms. The Morgan fingerprint density at radius 2 is 2.20 bits per heavy atom. The third-order valence-corrected chi connectivity index (χ3v) is 2.58.